The van der Waals surface area contributed by atoms with Gasteiger partial charge in [0.05, 0.1) is 28.6 Å². The van der Waals surface area contributed by atoms with Gasteiger partial charge in [0.2, 0.25) is 0 Å². The van der Waals surface area contributed by atoms with Gasteiger partial charge in [0.15, 0.2) is 5.11 Å². The molecule has 3 heterocycles. The number of pyridine rings is 1. The van der Waals surface area contributed by atoms with E-state index >= 15 is 0 Å². The van der Waals surface area contributed by atoms with Gasteiger partial charge in [0.1, 0.15) is 17.7 Å². The molecule has 1 aliphatic heterocycles. The zero-order valence-electron chi connectivity index (χ0n) is 18.5. The van der Waals surface area contributed by atoms with Crippen molar-refractivity contribution in [3.63, 3.8) is 0 Å². The number of aromatic nitrogens is 3. The number of carbonyl (C=O) groups excluding carboxylic acids is 1. The Bertz CT molecular complexity index is 1320. The van der Waals surface area contributed by atoms with Crippen LogP contribution < -0.4 is 4.90 Å². The smallest absolute Gasteiger partial charge is 0.330 e. The van der Waals surface area contributed by atoms with E-state index in [0.717, 1.165) is 28.3 Å². The van der Waals surface area contributed by atoms with Crippen molar-refractivity contribution in [3.8, 4) is 11.9 Å². The molecular weight excluding hydrogens is 465 g/mol. The van der Waals surface area contributed by atoms with Crippen molar-refractivity contribution < 1.29 is 18.0 Å². The molecule has 1 amide bonds. The Morgan fingerprint density at radius 1 is 1.18 bits per heavy atom. The molecule has 0 bridgehead atoms. The second-order valence-corrected chi connectivity index (χ2v) is 8.72. The molecule has 1 fully saturated rings. The fourth-order valence-electron chi connectivity index (χ4n) is 3.72. The number of anilines is 1. The highest BCUT2D eigenvalue weighted by Gasteiger charge is 2.49. The van der Waals surface area contributed by atoms with Gasteiger partial charge in [-0.1, -0.05) is 6.07 Å². The molecule has 0 unspecified atom stereocenters. The average Bonchev–Trinajstić information content (AvgIpc) is 3.29. The Kier molecular flexibility index (Phi) is 5.65. The van der Waals surface area contributed by atoms with Crippen LogP contribution in [0, 0.1) is 18.3 Å². The monoisotopic (exact) mass is 484 g/mol. The van der Waals surface area contributed by atoms with Gasteiger partial charge in [-0.2, -0.15) is 18.4 Å². The lowest BCUT2D eigenvalue weighted by molar-refractivity contribution is -0.137. The minimum atomic E-state index is -4.75. The van der Waals surface area contributed by atoms with E-state index in [0.29, 0.717) is 5.82 Å². The summed E-state index contributed by atoms with van der Waals surface area (Å²) in [6, 6.07) is 8.30. The SMILES string of the molecule is Cc1cn(-c2ccc(CN3C(=S)N(c4ccc(C#N)c(C(F)(F)F)c4)C(=O)C3(C)C)cn2)cn1. The van der Waals surface area contributed by atoms with Crippen LogP contribution in [0.2, 0.25) is 0 Å². The van der Waals surface area contributed by atoms with Crippen LogP contribution in [0.1, 0.15) is 36.2 Å². The van der Waals surface area contributed by atoms with Crippen LogP contribution >= 0.6 is 12.2 Å². The Morgan fingerprint density at radius 3 is 2.47 bits per heavy atom. The van der Waals surface area contributed by atoms with E-state index in [4.69, 9.17) is 17.5 Å². The lowest BCUT2D eigenvalue weighted by Gasteiger charge is -2.29. The number of aryl methyl sites for hydroxylation is 1. The largest absolute Gasteiger partial charge is 0.417 e. The van der Waals surface area contributed by atoms with Crippen LogP contribution in [0.5, 0.6) is 0 Å². The molecule has 0 atom stereocenters. The van der Waals surface area contributed by atoms with Gasteiger partial charge in [-0.05, 0) is 62.8 Å². The number of amides is 1. The van der Waals surface area contributed by atoms with Gasteiger partial charge in [0, 0.05) is 18.9 Å². The van der Waals surface area contributed by atoms with E-state index in [2.05, 4.69) is 9.97 Å². The summed E-state index contributed by atoms with van der Waals surface area (Å²) >= 11 is 5.52. The van der Waals surface area contributed by atoms with Gasteiger partial charge < -0.3 is 4.90 Å². The Morgan fingerprint density at radius 2 is 1.91 bits per heavy atom. The quantitative estimate of drug-likeness (QED) is 0.512. The summed E-state index contributed by atoms with van der Waals surface area (Å²) in [4.78, 5) is 24.6. The summed E-state index contributed by atoms with van der Waals surface area (Å²) < 4.78 is 42.2. The molecular formula is C23H19F3N6OS. The number of alkyl halides is 3. The van der Waals surface area contributed by atoms with E-state index < -0.39 is 28.7 Å². The second kappa shape index (κ2) is 8.22. The van der Waals surface area contributed by atoms with Crippen molar-refractivity contribution in [2.45, 2.75) is 39.0 Å². The second-order valence-electron chi connectivity index (χ2n) is 8.35. The van der Waals surface area contributed by atoms with E-state index in [1.165, 1.54) is 12.1 Å². The zero-order valence-corrected chi connectivity index (χ0v) is 19.3. The number of halogens is 3. The van der Waals surface area contributed by atoms with Crippen LogP contribution in [-0.2, 0) is 17.5 Å². The fraction of sp³-hybridized carbons (Fsp3) is 0.261. The van der Waals surface area contributed by atoms with Crippen LogP contribution in [0.25, 0.3) is 5.82 Å². The summed E-state index contributed by atoms with van der Waals surface area (Å²) in [5.41, 5.74) is -1.17. The number of hydrogen-bond acceptors (Lipinski definition) is 5. The molecule has 1 aromatic carbocycles. The van der Waals surface area contributed by atoms with Crippen molar-refractivity contribution >= 4 is 28.9 Å². The highest BCUT2D eigenvalue weighted by atomic mass is 32.1. The molecule has 0 spiro atoms. The first kappa shape index (κ1) is 23.4. The van der Waals surface area contributed by atoms with Gasteiger partial charge in [-0.3, -0.25) is 14.3 Å². The number of thiocarbonyl (C=S) groups is 1. The lowest BCUT2D eigenvalue weighted by atomic mass is 10.0. The third-order valence-electron chi connectivity index (χ3n) is 5.64. The van der Waals surface area contributed by atoms with Crippen LogP contribution in [0.4, 0.5) is 18.9 Å². The highest BCUT2D eigenvalue weighted by molar-refractivity contribution is 7.80. The maximum atomic E-state index is 13.5. The number of carbonyl (C=O) groups is 1. The summed E-state index contributed by atoms with van der Waals surface area (Å²) in [6.07, 6.45) is 0.394. The van der Waals surface area contributed by atoms with Gasteiger partial charge in [-0.15, -0.1) is 0 Å². The molecule has 3 aromatic rings. The van der Waals surface area contributed by atoms with Gasteiger partial charge in [-0.25, -0.2) is 9.97 Å². The van der Waals surface area contributed by atoms with E-state index in [1.54, 1.807) is 41.9 Å². The average molecular weight is 485 g/mol. The molecule has 34 heavy (non-hydrogen) atoms. The maximum Gasteiger partial charge on any atom is 0.417 e. The molecule has 0 N–H and O–H groups in total. The first-order chi connectivity index (χ1) is 15.9. The first-order valence-corrected chi connectivity index (χ1v) is 10.6. The van der Waals surface area contributed by atoms with Crippen molar-refractivity contribution in [2.75, 3.05) is 4.90 Å². The molecule has 0 saturated carbocycles. The molecule has 174 valence electrons. The molecule has 2 aromatic heterocycles. The molecule has 1 aliphatic rings. The summed E-state index contributed by atoms with van der Waals surface area (Å²) in [7, 11) is 0. The maximum absolute atomic E-state index is 13.5. The van der Waals surface area contributed by atoms with Gasteiger partial charge >= 0.3 is 6.18 Å². The molecule has 4 rings (SSSR count). The normalized spacial score (nSPS) is 15.7. The van der Waals surface area contributed by atoms with E-state index in [9.17, 15) is 18.0 Å². The Balaban J connectivity index is 1.63. The predicted octanol–water partition coefficient (Wildman–Crippen LogP) is 4.38. The Labute approximate surface area is 199 Å². The van der Waals surface area contributed by atoms with Crippen LogP contribution in [0.3, 0.4) is 0 Å². The van der Waals surface area contributed by atoms with E-state index in [1.807, 2.05) is 19.2 Å². The van der Waals surface area contributed by atoms with Crippen LogP contribution in [0.15, 0.2) is 49.1 Å². The lowest BCUT2D eigenvalue weighted by Crippen LogP contribution is -2.43. The molecule has 1 saturated heterocycles. The van der Waals surface area contributed by atoms with Crippen molar-refractivity contribution in [1.29, 1.82) is 5.26 Å². The number of nitriles is 1. The highest BCUT2D eigenvalue weighted by Crippen LogP contribution is 2.38. The third-order valence-corrected chi connectivity index (χ3v) is 6.04. The fourth-order valence-corrected chi connectivity index (χ4v) is 4.21. The number of benzene rings is 1. The Hall–Kier alpha value is -3.78. The first-order valence-electron chi connectivity index (χ1n) is 10.2. The minimum Gasteiger partial charge on any atom is -0.330 e. The topological polar surface area (TPSA) is 78.0 Å². The molecule has 0 aliphatic carbocycles. The van der Waals surface area contributed by atoms with Crippen molar-refractivity contribution in [3.05, 3.63) is 71.4 Å². The van der Waals surface area contributed by atoms with Crippen LogP contribution in [-0.4, -0.2) is 36.0 Å². The number of hydrogen-bond donors (Lipinski definition) is 0. The molecule has 11 heteroatoms. The number of nitrogens with zero attached hydrogens (tertiary/aromatic N) is 6. The van der Waals surface area contributed by atoms with E-state index in [-0.39, 0.29) is 17.3 Å². The molecule has 7 nitrogen and oxygen atoms in total. The number of imidazole rings is 1. The third kappa shape index (κ3) is 4.01. The standard InChI is InChI=1S/C23H19F3N6OS/c1-14-11-30(13-29-14)19-7-4-15(10-28-19)12-31-21(34)32(20(33)22(31,2)3)17-6-5-16(9-27)18(8-17)23(24,25)26/h4-8,10-11,13H,12H2,1-3H3. The summed E-state index contributed by atoms with van der Waals surface area (Å²) in [6.45, 7) is 5.42. The van der Waals surface area contributed by atoms with Crippen molar-refractivity contribution in [1.82, 2.24) is 19.4 Å². The summed E-state index contributed by atoms with van der Waals surface area (Å²) in [5.74, 6) is 0.205. The minimum absolute atomic E-state index is 0.0409. The number of rotatable bonds is 4. The van der Waals surface area contributed by atoms with Crippen molar-refractivity contribution in [2.24, 2.45) is 0 Å². The molecule has 0 radical (unpaired) electrons. The predicted molar refractivity (Wildman–Crippen MR) is 122 cm³/mol. The summed E-state index contributed by atoms with van der Waals surface area (Å²) in [5, 5.41) is 9.12. The zero-order chi connectivity index (χ0) is 24.8. The van der Waals surface area contributed by atoms with Gasteiger partial charge in [0.25, 0.3) is 5.91 Å².